The van der Waals surface area contributed by atoms with E-state index in [1.165, 1.54) is 0 Å². The number of likely N-dealkylation sites (N-methyl/N-ethyl adjacent to an activating group) is 1. The Balaban J connectivity index is 2.85. The van der Waals surface area contributed by atoms with Gasteiger partial charge in [-0.2, -0.15) is 5.10 Å². The van der Waals surface area contributed by atoms with E-state index in [4.69, 9.17) is 0 Å². The molecule has 0 aliphatic heterocycles. The molecule has 16 heavy (non-hydrogen) atoms. The Kier molecular flexibility index (Phi) is 4.95. The number of nitrogens with zero attached hydrogens (tertiary/aromatic N) is 3. The highest BCUT2D eigenvalue weighted by molar-refractivity contribution is 9.10. The molecule has 0 bridgehead atoms. The summed E-state index contributed by atoms with van der Waals surface area (Å²) >= 11 is 3.49. The van der Waals surface area contributed by atoms with Crippen molar-refractivity contribution in [2.45, 2.75) is 32.4 Å². The Labute approximate surface area is 105 Å². The van der Waals surface area contributed by atoms with Gasteiger partial charge in [0.15, 0.2) is 0 Å². The number of hydrogen-bond acceptors (Lipinski definition) is 3. The van der Waals surface area contributed by atoms with E-state index in [0.29, 0.717) is 0 Å². The second-order valence-electron chi connectivity index (χ2n) is 4.43. The molecule has 1 heterocycles. The van der Waals surface area contributed by atoms with Gasteiger partial charge in [-0.05, 0) is 36.9 Å². The lowest BCUT2D eigenvalue weighted by molar-refractivity contribution is 0.164. The van der Waals surface area contributed by atoms with Crippen LogP contribution in [-0.2, 0) is 6.54 Å². The van der Waals surface area contributed by atoms with Crippen LogP contribution in [0.15, 0.2) is 10.7 Å². The van der Waals surface area contributed by atoms with E-state index in [1.807, 2.05) is 25.7 Å². The number of hydrogen-bond donors (Lipinski definition) is 1. The van der Waals surface area contributed by atoms with Crippen LogP contribution in [0.1, 0.15) is 25.5 Å². The van der Waals surface area contributed by atoms with Crippen molar-refractivity contribution in [2.24, 2.45) is 0 Å². The van der Waals surface area contributed by atoms with Gasteiger partial charge in [0.1, 0.15) is 0 Å². The van der Waals surface area contributed by atoms with Crippen molar-refractivity contribution in [3.8, 4) is 0 Å². The topological polar surface area (TPSA) is 41.3 Å². The van der Waals surface area contributed by atoms with Crippen LogP contribution in [-0.4, -0.2) is 46.5 Å². The average Bonchev–Trinajstić information content (AvgIpc) is 2.55. The summed E-state index contributed by atoms with van der Waals surface area (Å²) in [6, 6.07) is 0. The van der Waals surface area contributed by atoms with E-state index >= 15 is 0 Å². The summed E-state index contributed by atoms with van der Waals surface area (Å²) in [6.07, 6.45) is 1.43. The summed E-state index contributed by atoms with van der Waals surface area (Å²) < 4.78 is 2.93. The third kappa shape index (κ3) is 3.30. The van der Waals surface area contributed by atoms with Gasteiger partial charge in [-0.15, -0.1) is 0 Å². The van der Waals surface area contributed by atoms with E-state index in [0.717, 1.165) is 23.3 Å². The molecule has 0 saturated carbocycles. The Hall–Kier alpha value is -0.390. The summed E-state index contributed by atoms with van der Waals surface area (Å²) in [5, 5.41) is 14.0. The zero-order valence-corrected chi connectivity index (χ0v) is 11.9. The van der Waals surface area contributed by atoms with Gasteiger partial charge in [-0.25, -0.2) is 0 Å². The average molecular weight is 290 g/mol. The molecule has 0 spiro atoms. The van der Waals surface area contributed by atoms with Gasteiger partial charge in [0.25, 0.3) is 0 Å². The zero-order valence-electron chi connectivity index (χ0n) is 10.3. The highest BCUT2D eigenvalue weighted by Gasteiger charge is 2.19. The third-order valence-electron chi connectivity index (χ3n) is 2.75. The molecule has 0 aliphatic carbocycles. The molecule has 0 saturated heterocycles. The number of halogens is 1. The Morgan fingerprint density at radius 2 is 2.12 bits per heavy atom. The monoisotopic (exact) mass is 289 g/mol. The smallest absolute Gasteiger partial charge is 0.0635 e. The lowest BCUT2D eigenvalue weighted by Crippen LogP contribution is -2.22. The van der Waals surface area contributed by atoms with Crippen molar-refractivity contribution in [1.82, 2.24) is 14.7 Å². The third-order valence-corrected chi connectivity index (χ3v) is 3.36. The first kappa shape index (κ1) is 13.7. The van der Waals surface area contributed by atoms with Crippen LogP contribution in [0.25, 0.3) is 0 Å². The van der Waals surface area contributed by atoms with Crippen molar-refractivity contribution >= 4 is 15.9 Å². The van der Waals surface area contributed by atoms with Gasteiger partial charge >= 0.3 is 0 Å². The van der Waals surface area contributed by atoms with Crippen molar-refractivity contribution in [1.29, 1.82) is 0 Å². The molecule has 0 aliphatic rings. The minimum Gasteiger partial charge on any atom is -0.393 e. The van der Waals surface area contributed by atoms with Crippen molar-refractivity contribution in [3.63, 3.8) is 0 Å². The maximum atomic E-state index is 9.65. The Morgan fingerprint density at radius 1 is 1.50 bits per heavy atom. The van der Waals surface area contributed by atoms with E-state index in [-0.39, 0.29) is 12.0 Å². The summed E-state index contributed by atoms with van der Waals surface area (Å²) in [5.74, 6) is 0.0824. The van der Waals surface area contributed by atoms with Gasteiger partial charge in [-0.1, -0.05) is 6.92 Å². The van der Waals surface area contributed by atoms with Crippen LogP contribution in [0.3, 0.4) is 0 Å². The first-order valence-electron chi connectivity index (χ1n) is 5.47. The molecule has 2 atom stereocenters. The lowest BCUT2D eigenvalue weighted by Gasteiger charge is -2.18. The minimum absolute atomic E-state index is 0.0824. The second kappa shape index (κ2) is 5.80. The Morgan fingerprint density at radius 3 is 2.62 bits per heavy atom. The summed E-state index contributed by atoms with van der Waals surface area (Å²) in [6.45, 7) is 5.59. The quantitative estimate of drug-likeness (QED) is 0.897. The van der Waals surface area contributed by atoms with E-state index in [2.05, 4.69) is 25.9 Å². The van der Waals surface area contributed by atoms with Gasteiger partial charge < -0.3 is 10.0 Å². The van der Waals surface area contributed by atoms with Crippen LogP contribution in [0, 0.1) is 0 Å². The molecule has 1 aromatic heterocycles. The molecule has 92 valence electrons. The molecule has 4 nitrogen and oxygen atoms in total. The molecular formula is C11H20BrN3O. The maximum absolute atomic E-state index is 9.65. The number of aliphatic hydroxyl groups excluding tert-OH is 1. The maximum Gasteiger partial charge on any atom is 0.0635 e. The molecule has 0 amide bonds. The van der Waals surface area contributed by atoms with E-state index in [9.17, 15) is 5.11 Å². The molecule has 0 fully saturated rings. The van der Waals surface area contributed by atoms with Crippen LogP contribution in [0.4, 0.5) is 0 Å². The molecule has 0 radical (unpaired) electrons. The molecule has 1 rings (SSSR count). The normalized spacial score (nSPS) is 15.4. The lowest BCUT2D eigenvalue weighted by atomic mass is 10.0. The van der Waals surface area contributed by atoms with Gasteiger partial charge in [-0.3, -0.25) is 4.68 Å². The standard InChI is InChI=1S/C11H20BrN3O/c1-8(9(2)16)11-10(12)7-13-15(11)6-5-14(3)4/h7-9,16H,5-6H2,1-4H3. The van der Waals surface area contributed by atoms with Crippen molar-refractivity contribution in [2.75, 3.05) is 20.6 Å². The number of aromatic nitrogens is 2. The largest absolute Gasteiger partial charge is 0.393 e. The fourth-order valence-electron chi connectivity index (χ4n) is 1.53. The summed E-state index contributed by atoms with van der Waals surface area (Å²) in [7, 11) is 4.08. The first-order valence-corrected chi connectivity index (χ1v) is 6.26. The molecule has 5 heteroatoms. The SMILES string of the molecule is CC(O)C(C)c1c(Br)cnn1CCN(C)C. The molecular weight excluding hydrogens is 270 g/mol. The predicted octanol–water partition coefficient (Wildman–Crippen LogP) is 1.69. The highest BCUT2D eigenvalue weighted by atomic mass is 79.9. The zero-order chi connectivity index (χ0) is 12.3. The minimum atomic E-state index is -0.369. The van der Waals surface area contributed by atoms with E-state index < -0.39 is 0 Å². The number of aliphatic hydroxyl groups is 1. The second-order valence-corrected chi connectivity index (χ2v) is 5.29. The van der Waals surface area contributed by atoms with Crippen LogP contribution in [0.5, 0.6) is 0 Å². The van der Waals surface area contributed by atoms with Gasteiger partial charge in [0, 0.05) is 12.5 Å². The molecule has 1 N–H and O–H groups in total. The fraction of sp³-hybridized carbons (Fsp3) is 0.727. The summed E-state index contributed by atoms with van der Waals surface area (Å²) in [4.78, 5) is 2.12. The number of rotatable bonds is 5. The Bertz CT molecular complexity index is 336. The van der Waals surface area contributed by atoms with Crippen molar-refractivity contribution in [3.05, 3.63) is 16.4 Å². The summed E-state index contributed by atoms with van der Waals surface area (Å²) in [5.41, 5.74) is 1.07. The fourth-order valence-corrected chi connectivity index (χ4v) is 2.18. The molecule has 0 aromatic carbocycles. The van der Waals surface area contributed by atoms with Gasteiger partial charge in [0.2, 0.25) is 0 Å². The molecule has 2 unspecified atom stereocenters. The van der Waals surface area contributed by atoms with Crippen LogP contribution < -0.4 is 0 Å². The molecule has 1 aromatic rings. The highest BCUT2D eigenvalue weighted by Crippen LogP contribution is 2.27. The van der Waals surface area contributed by atoms with Crippen molar-refractivity contribution < 1.29 is 5.11 Å². The van der Waals surface area contributed by atoms with Gasteiger partial charge in [0.05, 0.1) is 29.0 Å². The van der Waals surface area contributed by atoms with Crippen LogP contribution >= 0.6 is 15.9 Å². The first-order chi connectivity index (χ1) is 7.43. The van der Waals surface area contributed by atoms with E-state index in [1.54, 1.807) is 13.1 Å². The van der Waals surface area contributed by atoms with Crippen LogP contribution in [0.2, 0.25) is 0 Å². The predicted molar refractivity (Wildman–Crippen MR) is 68.6 cm³/mol.